The van der Waals surface area contributed by atoms with Crippen LogP contribution in [0.2, 0.25) is 0 Å². The number of piperidine rings is 1. The second-order valence-electron chi connectivity index (χ2n) is 11.8. The van der Waals surface area contributed by atoms with E-state index < -0.39 is 58.5 Å². The average molecular weight is 743 g/mol. The van der Waals surface area contributed by atoms with Crippen LogP contribution in [0.1, 0.15) is 58.8 Å². The maximum Gasteiger partial charge on any atom is 0.416 e. The van der Waals surface area contributed by atoms with E-state index in [0.717, 1.165) is 31.4 Å². The van der Waals surface area contributed by atoms with Crippen molar-refractivity contribution in [3.05, 3.63) is 70.3 Å². The standard InChI is InChI=1S/C31H36F9N3O3.2ClH/c1-28(46-3)10-4-5-26(45-2)43(28)14-12-41-11-13-42(25(19-41)15-20-6-8-22(9-7-20)29(32,33)34)27(44)21-16-23(30(35,36)37)18-24(17-21)31(38,39)40;;/h6-9,16-18,25-26H,4-5,10-15,19H2,1-3H3;2*1H/t25-,26+,28-;;/m1../s1. The van der Waals surface area contributed by atoms with Crippen LogP contribution in [0.5, 0.6) is 0 Å². The van der Waals surface area contributed by atoms with Gasteiger partial charge in [0.2, 0.25) is 0 Å². The quantitative estimate of drug-likeness (QED) is 0.259. The number of hydrogen-bond donors (Lipinski definition) is 0. The van der Waals surface area contributed by atoms with E-state index in [9.17, 15) is 44.3 Å². The molecule has 2 fully saturated rings. The fourth-order valence-corrected chi connectivity index (χ4v) is 6.21. The Morgan fingerprint density at radius 3 is 1.90 bits per heavy atom. The molecule has 4 rings (SSSR count). The molecule has 2 heterocycles. The van der Waals surface area contributed by atoms with Gasteiger partial charge in [-0.1, -0.05) is 12.1 Å². The van der Waals surface area contributed by atoms with Crippen LogP contribution in [0.4, 0.5) is 39.5 Å². The molecule has 0 spiro atoms. The largest absolute Gasteiger partial charge is 0.416 e. The Morgan fingerprint density at radius 2 is 1.40 bits per heavy atom. The van der Waals surface area contributed by atoms with Gasteiger partial charge in [-0.3, -0.25) is 9.69 Å². The van der Waals surface area contributed by atoms with Crippen molar-refractivity contribution in [2.75, 3.05) is 46.9 Å². The molecule has 17 heteroatoms. The lowest BCUT2D eigenvalue weighted by Crippen LogP contribution is -2.60. The van der Waals surface area contributed by atoms with E-state index >= 15 is 0 Å². The molecule has 6 nitrogen and oxygen atoms in total. The van der Waals surface area contributed by atoms with E-state index in [2.05, 4.69) is 4.90 Å². The normalized spacial score (nSPS) is 23.0. The maximum atomic E-state index is 13.6. The van der Waals surface area contributed by atoms with Crippen LogP contribution < -0.4 is 0 Å². The lowest BCUT2D eigenvalue weighted by Gasteiger charge is -2.49. The van der Waals surface area contributed by atoms with Crippen molar-refractivity contribution in [3.63, 3.8) is 0 Å². The van der Waals surface area contributed by atoms with Gasteiger partial charge in [-0.2, -0.15) is 39.5 Å². The van der Waals surface area contributed by atoms with Crippen molar-refractivity contribution in [1.82, 2.24) is 14.7 Å². The summed E-state index contributed by atoms with van der Waals surface area (Å²) in [4.78, 5) is 18.9. The van der Waals surface area contributed by atoms with Gasteiger partial charge in [0, 0.05) is 58.5 Å². The number of halogens is 11. The summed E-state index contributed by atoms with van der Waals surface area (Å²) in [6.07, 6.45) is -12.6. The van der Waals surface area contributed by atoms with Crippen LogP contribution in [0.15, 0.2) is 42.5 Å². The van der Waals surface area contributed by atoms with Crippen molar-refractivity contribution in [2.45, 2.75) is 69.1 Å². The lowest BCUT2D eigenvalue weighted by molar-refractivity contribution is -0.218. The lowest BCUT2D eigenvalue weighted by atomic mass is 9.97. The second kappa shape index (κ2) is 16.2. The first-order chi connectivity index (χ1) is 21.4. The smallest absolute Gasteiger partial charge is 0.366 e. The van der Waals surface area contributed by atoms with E-state index in [-0.39, 0.29) is 63.2 Å². The highest BCUT2D eigenvalue weighted by molar-refractivity contribution is 5.95. The van der Waals surface area contributed by atoms with Crippen molar-refractivity contribution < 1.29 is 53.8 Å². The third-order valence-electron chi connectivity index (χ3n) is 8.83. The predicted molar refractivity (Wildman–Crippen MR) is 164 cm³/mol. The summed E-state index contributed by atoms with van der Waals surface area (Å²) in [5.74, 6) is -1.03. The summed E-state index contributed by atoms with van der Waals surface area (Å²) in [7, 11) is 3.20. The van der Waals surface area contributed by atoms with Crippen molar-refractivity contribution in [3.8, 4) is 0 Å². The molecular weight excluding hydrogens is 704 g/mol. The number of carbonyl (C=O) groups is 1. The number of amides is 1. The zero-order valence-corrected chi connectivity index (χ0v) is 28.0. The van der Waals surface area contributed by atoms with Crippen LogP contribution in [-0.2, 0) is 34.4 Å². The molecule has 0 aromatic heterocycles. The maximum absolute atomic E-state index is 13.6. The Balaban J connectivity index is 0.00000400. The number of nitrogens with zero attached hydrogens (tertiary/aromatic N) is 3. The molecule has 2 aliphatic rings. The van der Waals surface area contributed by atoms with Crippen molar-refractivity contribution >= 4 is 30.7 Å². The zero-order chi connectivity index (χ0) is 34.1. The second-order valence-corrected chi connectivity index (χ2v) is 11.8. The summed E-state index contributed by atoms with van der Waals surface area (Å²) in [5, 5.41) is 0. The molecular formula is C31H38Cl2F9N3O3. The third kappa shape index (κ3) is 9.90. The van der Waals surface area contributed by atoms with Gasteiger partial charge in [0.15, 0.2) is 0 Å². The number of rotatable bonds is 8. The number of hydrogen-bond acceptors (Lipinski definition) is 5. The number of piperazine rings is 1. The first-order valence-corrected chi connectivity index (χ1v) is 14.7. The number of methoxy groups -OCH3 is 2. The Kier molecular flexibility index (Phi) is 14.1. The van der Waals surface area contributed by atoms with Gasteiger partial charge in [-0.15, -0.1) is 24.8 Å². The first kappa shape index (κ1) is 41.9. The molecule has 0 aliphatic carbocycles. The van der Waals surface area contributed by atoms with Gasteiger partial charge in [-0.05, 0) is 68.5 Å². The van der Waals surface area contributed by atoms with Gasteiger partial charge >= 0.3 is 18.5 Å². The molecule has 1 amide bonds. The van der Waals surface area contributed by atoms with Crippen LogP contribution in [-0.4, -0.2) is 85.5 Å². The number of benzene rings is 2. The molecule has 2 aromatic carbocycles. The predicted octanol–water partition coefficient (Wildman–Crippen LogP) is 7.78. The minimum absolute atomic E-state index is 0. The van der Waals surface area contributed by atoms with Crippen molar-refractivity contribution in [2.24, 2.45) is 0 Å². The molecule has 48 heavy (non-hydrogen) atoms. The number of ether oxygens (including phenoxy) is 2. The highest BCUT2D eigenvalue weighted by Crippen LogP contribution is 2.37. The van der Waals surface area contributed by atoms with E-state index in [4.69, 9.17) is 9.47 Å². The molecule has 2 saturated heterocycles. The minimum Gasteiger partial charge on any atom is -0.366 e. The molecule has 0 saturated carbocycles. The van der Waals surface area contributed by atoms with Gasteiger partial charge in [0.1, 0.15) is 12.0 Å². The highest BCUT2D eigenvalue weighted by atomic mass is 35.5. The topological polar surface area (TPSA) is 45.3 Å². The Bertz CT molecular complexity index is 1330. The average Bonchev–Trinajstić information content (AvgIpc) is 2.99. The first-order valence-electron chi connectivity index (χ1n) is 14.7. The number of carbonyl (C=O) groups excluding carboxylic acids is 1. The summed E-state index contributed by atoms with van der Waals surface area (Å²) >= 11 is 0. The molecule has 2 aromatic rings. The fourth-order valence-electron chi connectivity index (χ4n) is 6.21. The molecule has 3 atom stereocenters. The zero-order valence-electron chi connectivity index (χ0n) is 26.3. The third-order valence-corrected chi connectivity index (χ3v) is 8.83. The van der Waals surface area contributed by atoms with Gasteiger partial charge in [-0.25, -0.2) is 4.90 Å². The summed E-state index contributed by atoms with van der Waals surface area (Å²) in [6.45, 7) is 3.31. The Morgan fingerprint density at radius 1 is 0.833 bits per heavy atom. The van der Waals surface area contributed by atoms with Crippen molar-refractivity contribution in [1.29, 1.82) is 0 Å². The van der Waals surface area contributed by atoms with Crippen LogP contribution in [0.3, 0.4) is 0 Å². The van der Waals surface area contributed by atoms with Crippen LogP contribution >= 0.6 is 24.8 Å². The van der Waals surface area contributed by atoms with E-state index in [1.54, 1.807) is 14.2 Å². The highest BCUT2D eigenvalue weighted by Gasteiger charge is 2.42. The van der Waals surface area contributed by atoms with Gasteiger partial charge < -0.3 is 14.4 Å². The summed E-state index contributed by atoms with van der Waals surface area (Å²) in [5.41, 5.74) is -5.07. The van der Waals surface area contributed by atoms with E-state index in [0.29, 0.717) is 30.8 Å². The number of alkyl halides is 9. The SMILES string of the molecule is CO[C@H]1CCC[C@@](C)(OC)N1CCN1CCN(C(=O)c2cc(C(F)(F)F)cc(C(F)(F)F)c2)[C@H](Cc2ccc(C(F)(F)F)cc2)C1.Cl.Cl. The molecule has 0 radical (unpaired) electrons. The fraction of sp³-hybridized carbons (Fsp3) is 0.581. The van der Waals surface area contributed by atoms with Gasteiger partial charge in [0.25, 0.3) is 5.91 Å². The summed E-state index contributed by atoms with van der Waals surface area (Å²) in [6, 6.07) is 4.24. The minimum atomic E-state index is -5.14. The number of likely N-dealkylation sites (tertiary alicyclic amines) is 1. The molecule has 2 aliphatic heterocycles. The monoisotopic (exact) mass is 741 g/mol. The molecule has 0 N–H and O–H groups in total. The Hall–Kier alpha value is -2.30. The van der Waals surface area contributed by atoms with E-state index in [1.165, 1.54) is 17.0 Å². The van der Waals surface area contributed by atoms with Crippen LogP contribution in [0.25, 0.3) is 0 Å². The van der Waals surface area contributed by atoms with Gasteiger partial charge in [0.05, 0.1) is 16.7 Å². The molecule has 272 valence electrons. The Labute approximate surface area is 285 Å². The van der Waals surface area contributed by atoms with E-state index in [1.807, 2.05) is 11.8 Å². The molecule has 0 unspecified atom stereocenters. The van der Waals surface area contributed by atoms with Crippen LogP contribution in [0, 0.1) is 0 Å². The summed E-state index contributed by atoms with van der Waals surface area (Å²) < 4.78 is 132. The molecule has 0 bridgehead atoms.